The molecule has 1 saturated carbocycles. The highest BCUT2D eigenvalue weighted by Crippen LogP contribution is 2.55. The highest BCUT2D eigenvalue weighted by molar-refractivity contribution is 7.92. The first kappa shape index (κ1) is 17.2. The first-order valence-corrected chi connectivity index (χ1v) is 9.39. The SMILES string of the molecule is COc1ccc([C@H]2[C@@H](S(=O)(=O)c3ccc(Cl)cc3)[C@@]2(N)CN)cc1. The molecule has 0 bridgehead atoms. The molecule has 2 aromatic rings. The van der Waals surface area contributed by atoms with Crippen molar-refractivity contribution in [3.05, 3.63) is 59.1 Å². The van der Waals surface area contributed by atoms with Crippen LogP contribution in [0.3, 0.4) is 0 Å². The fourth-order valence-electron chi connectivity index (χ4n) is 3.20. The molecule has 3 atom stereocenters. The fourth-order valence-corrected chi connectivity index (χ4v) is 5.65. The summed E-state index contributed by atoms with van der Waals surface area (Å²) in [6.07, 6.45) is 0. The van der Waals surface area contributed by atoms with Crippen molar-refractivity contribution >= 4 is 21.4 Å². The number of hydrogen-bond donors (Lipinski definition) is 2. The Morgan fingerprint density at radius 1 is 1.12 bits per heavy atom. The van der Waals surface area contributed by atoms with Gasteiger partial charge in [-0.3, -0.25) is 0 Å². The summed E-state index contributed by atoms with van der Waals surface area (Å²) in [5.74, 6) is 0.348. The maximum absolute atomic E-state index is 13.0. The van der Waals surface area contributed by atoms with E-state index in [9.17, 15) is 8.42 Å². The molecule has 0 spiro atoms. The summed E-state index contributed by atoms with van der Waals surface area (Å²) >= 11 is 5.84. The van der Waals surface area contributed by atoms with Crippen LogP contribution in [0, 0.1) is 0 Å². The first-order valence-electron chi connectivity index (χ1n) is 7.47. The number of rotatable bonds is 5. The monoisotopic (exact) mass is 366 g/mol. The van der Waals surface area contributed by atoms with Gasteiger partial charge in [-0.1, -0.05) is 23.7 Å². The van der Waals surface area contributed by atoms with Gasteiger partial charge in [-0.05, 0) is 42.0 Å². The standard InChI is InChI=1S/C17H19ClN2O3S/c1-23-13-6-2-11(3-7-13)15-16(17(15,20)10-19)24(21,22)14-8-4-12(18)5-9-14/h2-9,15-16H,10,19-20H2,1H3/t15-,16+,17+/m0/s1. The van der Waals surface area contributed by atoms with E-state index in [0.717, 1.165) is 5.56 Å². The van der Waals surface area contributed by atoms with Gasteiger partial charge >= 0.3 is 0 Å². The van der Waals surface area contributed by atoms with Gasteiger partial charge in [-0.25, -0.2) is 8.42 Å². The predicted molar refractivity (Wildman–Crippen MR) is 94.1 cm³/mol. The third kappa shape index (κ3) is 2.69. The molecule has 0 unspecified atom stereocenters. The van der Waals surface area contributed by atoms with Crippen LogP contribution in [-0.2, 0) is 9.84 Å². The van der Waals surface area contributed by atoms with Crippen LogP contribution in [0.5, 0.6) is 5.75 Å². The Balaban J connectivity index is 1.98. The zero-order valence-corrected chi connectivity index (χ0v) is 14.7. The van der Waals surface area contributed by atoms with Gasteiger partial charge in [0.15, 0.2) is 9.84 Å². The third-order valence-corrected chi connectivity index (χ3v) is 7.17. The number of sulfone groups is 1. The van der Waals surface area contributed by atoms with Gasteiger partial charge in [0.05, 0.1) is 22.8 Å². The van der Waals surface area contributed by atoms with E-state index < -0.39 is 20.6 Å². The largest absolute Gasteiger partial charge is 0.497 e. The van der Waals surface area contributed by atoms with Gasteiger partial charge in [0.1, 0.15) is 5.75 Å². The molecule has 0 radical (unpaired) electrons. The van der Waals surface area contributed by atoms with E-state index in [1.807, 2.05) is 12.1 Å². The lowest BCUT2D eigenvalue weighted by Gasteiger charge is -2.09. The summed E-state index contributed by atoms with van der Waals surface area (Å²) in [5.41, 5.74) is 12.0. The van der Waals surface area contributed by atoms with Gasteiger partial charge in [0.25, 0.3) is 0 Å². The van der Waals surface area contributed by atoms with Crippen LogP contribution in [0.25, 0.3) is 0 Å². The van der Waals surface area contributed by atoms with E-state index in [1.165, 1.54) is 12.1 Å². The Morgan fingerprint density at radius 2 is 1.71 bits per heavy atom. The molecule has 1 fully saturated rings. The van der Waals surface area contributed by atoms with E-state index in [4.69, 9.17) is 27.8 Å². The van der Waals surface area contributed by atoms with Gasteiger partial charge in [0.2, 0.25) is 0 Å². The van der Waals surface area contributed by atoms with Gasteiger partial charge in [-0.2, -0.15) is 0 Å². The number of halogens is 1. The minimum absolute atomic E-state index is 0.0845. The van der Waals surface area contributed by atoms with Crippen molar-refractivity contribution in [2.45, 2.75) is 21.6 Å². The maximum Gasteiger partial charge on any atom is 0.183 e. The molecule has 0 aliphatic heterocycles. The summed E-state index contributed by atoms with van der Waals surface area (Å²) in [4.78, 5) is 0.205. The molecular weight excluding hydrogens is 348 g/mol. The van der Waals surface area contributed by atoms with Crippen molar-refractivity contribution in [3.8, 4) is 5.75 Å². The molecule has 0 heterocycles. The molecule has 7 heteroatoms. The zero-order valence-electron chi connectivity index (χ0n) is 13.1. The summed E-state index contributed by atoms with van der Waals surface area (Å²) in [7, 11) is -2.03. The van der Waals surface area contributed by atoms with Crippen LogP contribution in [0.2, 0.25) is 5.02 Å². The van der Waals surface area contributed by atoms with Crippen LogP contribution in [-0.4, -0.2) is 32.9 Å². The second-order valence-corrected chi connectivity index (χ2v) is 8.49. The average molecular weight is 367 g/mol. The molecule has 5 nitrogen and oxygen atoms in total. The van der Waals surface area contributed by atoms with Gasteiger partial charge < -0.3 is 16.2 Å². The zero-order chi connectivity index (χ0) is 17.5. The first-order chi connectivity index (χ1) is 11.3. The van der Waals surface area contributed by atoms with Crippen LogP contribution in [0.4, 0.5) is 0 Å². The van der Waals surface area contributed by atoms with Crippen molar-refractivity contribution in [3.63, 3.8) is 0 Å². The molecule has 0 amide bonds. The van der Waals surface area contributed by atoms with Crippen LogP contribution >= 0.6 is 11.6 Å². The van der Waals surface area contributed by atoms with E-state index in [0.29, 0.717) is 10.8 Å². The van der Waals surface area contributed by atoms with E-state index in [-0.39, 0.29) is 17.4 Å². The lowest BCUT2D eigenvalue weighted by atomic mass is 10.1. The fraction of sp³-hybridized carbons (Fsp3) is 0.294. The molecule has 0 saturated heterocycles. The van der Waals surface area contributed by atoms with E-state index in [2.05, 4.69) is 0 Å². The highest BCUT2D eigenvalue weighted by Gasteiger charge is 2.68. The second-order valence-electron chi connectivity index (χ2n) is 5.99. The summed E-state index contributed by atoms with van der Waals surface area (Å²) in [5, 5.41) is -0.279. The maximum atomic E-state index is 13.0. The van der Waals surface area contributed by atoms with E-state index >= 15 is 0 Å². The highest BCUT2D eigenvalue weighted by atomic mass is 35.5. The molecule has 128 valence electrons. The topological polar surface area (TPSA) is 95.4 Å². The van der Waals surface area contributed by atoms with Crippen LogP contribution in [0.15, 0.2) is 53.4 Å². The van der Waals surface area contributed by atoms with Gasteiger partial charge in [0, 0.05) is 17.5 Å². The second kappa shape index (κ2) is 6.04. The number of methoxy groups -OCH3 is 1. The molecular formula is C17H19ClN2O3S. The molecule has 24 heavy (non-hydrogen) atoms. The minimum atomic E-state index is -3.61. The lowest BCUT2D eigenvalue weighted by molar-refractivity contribution is 0.414. The Kier molecular flexibility index (Phi) is 4.34. The normalized spacial score (nSPS) is 26.2. The minimum Gasteiger partial charge on any atom is -0.497 e. The third-order valence-electron chi connectivity index (χ3n) is 4.61. The van der Waals surface area contributed by atoms with Crippen molar-refractivity contribution in [2.75, 3.05) is 13.7 Å². The lowest BCUT2D eigenvalue weighted by Crippen LogP contribution is -2.39. The molecule has 3 rings (SSSR count). The van der Waals surface area contributed by atoms with E-state index in [1.54, 1.807) is 31.4 Å². The van der Waals surface area contributed by atoms with Gasteiger partial charge in [-0.15, -0.1) is 0 Å². The molecule has 0 aromatic heterocycles. The Labute approximate surface area is 146 Å². The Hall–Kier alpha value is -1.60. The van der Waals surface area contributed by atoms with Crippen LogP contribution < -0.4 is 16.2 Å². The number of nitrogens with two attached hydrogens (primary N) is 2. The number of benzene rings is 2. The summed E-state index contributed by atoms with van der Waals surface area (Å²) in [6.45, 7) is 0.0845. The predicted octanol–water partition coefficient (Wildman–Crippen LogP) is 1.94. The average Bonchev–Trinajstić information content (AvgIpc) is 3.23. The molecule has 1 aliphatic carbocycles. The quantitative estimate of drug-likeness (QED) is 0.843. The number of hydrogen-bond acceptors (Lipinski definition) is 5. The molecule has 1 aliphatic rings. The van der Waals surface area contributed by atoms with Crippen LogP contribution in [0.1, 0.15) is 11.5 Å². The van der Waals surface area contributed by atoms with Crippen molar-refractivity contribution in [1.82, 2.24) is 0 Å². The molecule has 2 aromatic carbocycles. The Bertz CT molecular complexity index is 837. The Morgan fingerprint density at radius 3 is 2.21 bits per heavy atom. The summed E-state index contributed by atoms with van der Waals surface area (Å²) in [6, 6.07) is 13.3. The van der Waals surface area contributed by atoms with Crippen molar-refractivity contribution in [2.24, 2.45) is 11.5 Å². The molecule has 4 N–H and O–H groups in total. The number of ether oxygens (including phenoxy) is 1. The summed E-state index contributed by atoms with van der Waals surface area (Å²) < 4.78 is 31.1. The smallest absolute Gasteiger partial charge is 0.183 e. The van der Waals surface area contributed by atoms with Crippen molar-refractivity contribution in [1.29, 1.82) is 0 Å². The van der Waals surface area contributed by atoms with Crippen molar-refractivity contribution < 1.29 is 13.2 Å².